The van der Waals surface area contributed by atoms with E-state index in [4.69, 9.17) is 14.9 Å². The molecular weight excluding hydrogens is 208 g/mol. The van der Waals surface area contributed by atoms with Crippen LogP contribution in [0, 0.1) is 0 Å². The van der Waals surface area contributed by atoms with Gasteiger partial charge in [-0.3, -0.25) is 0 Å². The Hall–Kier alpha value is -2.08. The number of anilines is 2. The number of hydrogen-bond donors (Lipinski definition) is 2. The molecule has 6 heteroatoms. The number of ether oxygens (including phenoxy) is 1. The van der Waals surface area contributed by atoms with Crippen LogP contribution in [0.5, 0.6) is 5.75 Å². The molecule has 0 bridgehead atoms. The molecule has 0 amide bonds. The Morgan fingerprint density at radius 3 is 2.62 bits per heavy atom. The third kappa shape index (κ3) is 2.29. The topological polar surface area (TPSA) is 86.2 Å². The van der Waals surface area contributed by atoms with Crippen LogP contribution in [0.25, 0.3) is 0 Å². The Balaban J connectivity index is 2.08. The van der Waals surface area contributed by atoms with Crippen LogP contribution in [0.3, 0.4) is 0 Å². The normalized spacial score (nSPS) is 10.1. The maximum atomic E-state index is 5.35. The molecule has 2 aromatic rings. The monoisotopic (exact) mass is 220 g/mol. The summed E-state index contributed by atoms with van der Waals surface area (Å²) in [5.74, 6) is 1.19. The molecule has 0 atom stereocenters. The molecular formula is C10H12N4O2. The Morgan fingerprint density at radius 2 is 2.06 bits per heavy atom. The van der Waals surface area contributed by atoms with Crippen molar-refractivity contribution in [1.29, 1.82) is 0 Å². The number of benzene rings is 1. The molecule has 84 valence electrons. The molecule has 1 heterocycles. The average molecular weight is 220 g/mol. The van der Waals surface area contributed by atoms with Gasteiger partial charge in [0.05, 0.1) is 13.7 Å². The molecule has 0 aliphatic heterocycles. The highest BCUT2D eigenvalue weighted by Crippen LogP contribution is 2.18. The van der Waals surface area contributed by atoms with E-state index in [0.29, 0.717) is 11.9 Å². The van der Waals surface area contributed by atoms with Crippen molar-refractivity contribution >= 4 is 11.7 Å². The lowest BCUT2D eigenvalue weighted by Crippen LogP contribution is -1.95. The molecule has 0 saturated heterocycles. The van der Waals surface area contributed by atoms with Crippen molar-refractivity contribution in [1.82, 2.24) is 10.2 Å². The number of methoxy groups -OCH3 is 1. The Kier molecular flexibility index (Phi) is 3.02. The van der Waals surface area contributed by atoms with Crippen molar-refractivity contribution in [2.45, 2.75) is 6.54 Å². The molecule has 0 spiro atoms. The minimum Gasteiger partial charge on any atom is -0.497 e. The quantitative estimate of drug-likeness (QED) is 0.807. The van der Waals surface area contributed by atoms with Crippen LogP contribution in [0.15, 0.2) is 28.7 Å². The van der Waals surface area contributed by atoms with Crippen LogP contribution in [-0.2, 0) is 6.54 Å². The third-order valence-electron chi connectivity index (χ3n) is 1.98. The number of aromatic nitrogens is 2. The molecule has 1 aromatic heterocycles. The third-order valence-corrected chi connectivity index (χ3v) is 1.98. The highest BCUT2D eigenvalue weighted by atomic mass is 16.5. The van der Waals surface area contributed by atoms with E-state index in [-0.39, 0.29) is 6.54 Å². The average Bonchev–Trinajstić information content (AvgIpc) is 2.78. The van der Waals surface area contributed by atoms with Crippen molar-refractivity contribution in [2.75, 3.05) is 12.4 Å². The Morgan fingerprint density at radius 1 is 1.31 bits per heavy atom. The second-order valence-corrected chi connectivity index (χ2v) is 3.06. The minimum absolute atomic E-state index is 0.233. The Bertz CT molecular complexity index is 452. The second-order valence-electron chi connectivity index (χ2n) is 3.06. The molecule has 6 nitrogen and oxygen atoms in total. The molecule has 1 aromatic carbocycles. The summed E-state index contributed by atoms with van der Waals surface area (Å²) in [6.45, 7) is 0.233. The zero-order chi connectivity index (χ0) is 11.4. The van der Waals surface area contributed by atoms with Gasteiger partial charge in [0, 0.05) is 5.69 Å². The minimum atomic E-state index is 0.233. The summed E-state index contributed by atoms with van der Waals surface area (Å²) in [4.78, 5) is 0. The Labute approximate surface area is 92.4 Å². The van der Waals surface area contributed by atoms with Gasteiger partial charge in [0.15, 0.2) is 0 Å². The van der Waals surface area contributed by atoms with Crippen molar-refractivity contribution < 1.29 is 9.15 Å². The predicted molar refractivity (Wildman–Crippen MR) is 58.5 cm³/mol. The first-order chi connectivity index (χ1) is 7.81. The van der Waals surface area contributed by atoms with Crippen LogP contribution in [-0.4, -0.2) is 17.3 Å². The van der Waals surface area contributed by atoms with Crippen LogP contribution >= 0.6 is 0 Å². The second kappa shape index (κ2) is 4.63. The standard InChI is InChI=1S/C10H12N4O2/c1-15-8-4-2-7(3-5-8)12-10-14-13-9(6-11)16-10/h2-5H,6,11H2,1H3,(H,12,14). The zero-order valence-electron chi connectivity index (χ0n) is 8.80. The van der Waals surface area contributed by atoms with Gasteiger partial charge in [-0.15, -0.1) is 5.10 Å². The molecule has 3 N–H and O–H groups in total. The molecule has 0 saturated carbocycles. The molecule has 0 radical (unpaired) electrons. The maximum Gasteiger partial charge on any atom is 0.320 e. The predicted octanol–water partition coefficient (Wildman–Crippen LogP) is 1.28. The molecule has 0 fully saturated rings. The maximum absolute atomic E-state index is 5.35. The van der Waals surface area contributed by atoms with E-state index in [0.717, 1.165) is 11.4 Å². The number of hydrogen-bond acceptors (Lipinski definition) is 6. The SMILES string of the molecule is COc1ccc(Nc2nnc(CN)o2)cc1. The van der Waals surface area contributed by atoms with Gasteiger partial charge in [-0.1, -0.05) is 5.10 Å². The largest absolute Gasteiger partial charge is 0.497 e. The highest BCUT2D eigenvalue weighted by Gasteiger charge is 2.04. The van der Waals surface area contributed by atoms with E-state index in [2.05, 4.69) is 15.5 Å². The smallest absolute Gasteiger partial charge is 0.320 e. The molecule has 16 heavy (non-hydrogen) atoms. The van der Waals surface area contributed by atoms with Crippen LogP contribution in [0.1, 0.15) is 5.89 Å². The molecule has 0 aliphatic rings. The van der Waals surface area contributed by atoms with Gasteiger partial charge in [-0.2, -0.15) is 0 Å². The first-order valence-electron chi connectivity index (χ1n) is 4.75. The van der Waals surface area contributed by atoms with Gasteiger partial charge in [-0.05, 0) is 24.3 Å². The van der Waals surface area contributed by atoms with E-state index in [1.54, 1.807) is 7.11 Å². The number of nitrogens with zero attached hydrogens (tertiary/aromatic N) is 2. The first-order valence-corrected chi connectivity index (χ1v) is 4.75. The molecule has 2 rings (SSSR count). The number of nitrogens with two attached hydrogens (primary N) is 1. The number of rotatable bonds is 4. The summed E-state index contributed by atoms with van der Waals surface area (Å²) in [7, 11) is 1.62. The summed E-state index contributed by atoms with van der Waals surface area (Å²) in [6.07, 6.45) is 0. The van der Waals surface area contributed by atoms with Crippen molar-refractivity contribution in [3.8, 4) is 5.75 Å². The number of nitrogens with one attached hydrogen (secondary N) is 1. The van der Waals surface area contributed by atoms with Crippen LogP contribution in [0.2, 0.25) is 0 Å². The van der Waals surface area contributed by atoms with E-state index >= 15 is 0 Å². The van der Waals surface area contributed by atoms with Gasteiger partial charge < -0.3 is 20.2 Å². The van der Waals surface area contributed by atoms with Crippen LogP contribution in [0.4, 0.5) is 11.7 Å². The van der Waals surface area contributed by atoms with Crippen molar-refractivity contribution in [3.05, 3.63) is 30.2 Å². The van der Waals surface area contributed by atoms with Gasteiger partial charge in [0.1, 0.15) is 5.75 Å². The summed E-state index contributed by atoms with van der Waals surface area (Å²) in [5.41, 5.74) is 6.19. The van der Waals surface area contributed by atoms with Crippen molar-refractivity contribution in [2.24, 2.45) is 5.73 Å². The summed E-state index contributed by atoms with van der Waals surface area (Å²) in [6, 6.07) is 7.70. The van der Waals surface area contributed by atoms with E-state index in [9.17, 15) is 0 Å². The molecule has 0 aliphatic carbocycles. The zero-order valence-corrected chi connectivity index (χ0v) is 8.80. The van der Waals surface area contributed by atoms with Crippen molar-refractivity contribution in [3.63, 3.8) is 0 Å². The van der Waals surface area contributed by atoms with E-state index in [1.807, 2.05) is 24.3 Å². The van der Waals surface area contributed by atoms with Gasteiger partial charge in [-0.25, -0.2) is 0 Å². The lowest BCUT2D eigenvalue weighted by Gasteiger charge is -2.02. The lowest BCUT2D eigenvalue weighted by atomic mass is 10.3. The summed E-state index contributed by atoms with van der Waals surface area (Å²) >= 11 is 0. The fourth-order valence-corrected chi connectivity index (χ4v) is 1.18. The van der Waals surface area contributed by atoms with Crippen LogP contribution < -0.4 is 15.8 Å². The van der Waals surface area contributed by atoms with E-state index in [1.165, 1.54) is 0 Å². The van der Waals surface area contributed by atoms with Gasteiger partial charge in [0.25, 0.3) is 0 Å². The first kappa shape index (κ1) is 10.4. The lowest BCUT2D eigenvalue weighted by molar-refractivity contribution is 0.415. The summed E-state index contributed by atoms with van der Waals surface area (Å²) in [5, 5.41) is 10.5. The van der Waals surface area contributed by atoms with Gasteiger partial charge >= 0.3 is 6.01 Å². The highest BCUT2D eigenvalue weighted by molar-refractivity contribution is 5.53. The van der Waals surface area contributed by atoms with Gasteiger partial charge in [0.2, 0.25) is 5.89 Å². The summed E-state index contributed by atoms with van der Waals surface area (Å²) < 4.78 is 10.2. The molecule has 0 unspecified atom stereocenters. The van der Waals surface area contributed by atoms with E-state index < -0.39 is 0 Å². The fourth-order valence-electron chi connectivity index (χ4n) is 1.18. The fraction of sp³-hybridized carbons (Fsp3) is 0.200.